The molecule has 1 N–H and O–H groups in total. The minimum atomic E-state index is -0.191. The quantitative estimate of drug-likeness (QED) is 0.858. The van der Waals surface area contributed by atoms with Crippen molar-refractivity contribution in [2.45, 2.75) is 45.3 Å². The fourth-order valence-electron chi connectivity index (χ4n) is 2.64. The number of hydrogen-bond acceptors (Lipinski definition) is 2. The SMILES string of the molecule is C=CCN(C(=O)C1Cc2ccccc2CN1)C(C)(C)C. The Morgan fingerprint density at radius 1 is 1.40 bits per heavy atom. The topological polar surface area (TPSA) is 32.3 Å². The average Bonchev–Trinajstić information content (AvgIpc) is 2.42. The third-order valence-electron chi connectivity index (χ3n) is 3.77. The predicted molar refractivity (Wildman–Crippen MR) is 82.4 cm³/mol. The molecule has 0 bridgehead atoms. The van der Waals surface area contributed by atoms with Gasteiger partial charge in [0.2, 0.25) is 5.91 Å². The van der Waals surface area contributed by atoms with Crippen molar-refractivity contribution in [3.05, 3.63) is 48.0 Å². The van der Waals surface area contributed by atoms with E-state index in [4.69, 9.17) is 0 Å². The van der Waals surface area contributed by atoms with Crippen molar-refractivity contribution < 1.29 is 4.79 Å². The molecule has 0 fully saturated rings. The van der Waals surface area contributed by atoms with Crippen LogP contribution in [-0.4, -0.2) is 28.9 Å². The van der Waals surface area contributed by atoms with Crippen LogP contribution >= 0.6 is 0 Å². The van der Waals surface area contributed by atoms with E-state index < -0.39 is 0 Å². The number of benzene rings is 1. The van der Waals surface area contributed by atoms with Gasteiger partial charge in [-0.05, 0) is 38.3 Å². The minimum Gasteiger partial charge on any atom is -0.333 e. The molecular weight excluding hydrogens is 248 g/mol. The first-order valence-corrected chi connectivity index (χ1v) is 7.16. The first kappa shape index (κ1) is 14.8. The van der Waals surface area contributed by atoms with Gasteiger partial charge in [0.1, 0.15) is 0 Å². The van der Waals surface area contributed by atoms with E-state index in [0.717, 1.165) is 13.0 Å². The summed E-state index contributed by atoms with van der Waals surface area (Å²) in [6.07, 6.45) is 2.55. The van der Waals surface area contributed by atoms with Crippen molar-refractivity contribution in [3.8, 4) is 0 Å². The Hall–Kier alpha value is -1.61. The van der Waals surface area contributed by atoms with E-state index in [1.54, 1.807) is 6.08 Å². The fraction of sp³-hybridized carbons (Fsp3) is 0.471. The zero-order valence-electron chi connectivity index (χ0n) is 12.6. The second-order valence-electron chi connectivity index (χ2n) is 6.31. The van der Waals surface area contributed by atoms with Crippen molar-refractivity contribution in [3.63, 3.8) is 0 Å². The summed E-state index contributed by atoms with van der Waals surface area (Å²) >= 11 is 0. The Kier molecular flexibility index (Phi) is 4.29. The molecule has 0 saturated carbocycles. The van der Waals surface area contributed by atoms with Crippen molar-refractivity contribution in [2.24, 2.45) is 0 Å². The van der Waals surface area contributed by atoms with Gasteiger partial charge < -0.3 is 10.2 Å². The largest absolute Gasteiger partial charge is 0.333 e. The molecule has 1 unspecified atom stereocenters. The van der Waals surface area contributed by atoms with Gasteiger partial charge in [-0.1, -0.05) is 30.3 Å². The van der Waals surface area contributed by atoms with E-state index in [1.165, 1.54) is 11.1 Å². The van der Waals surface area contributed by atoms with E-state index in [1.807, 2.05) is 17.0 Å². The summed E-state index contributed by atoms with van der Waals surface area (Å²) in [5.74, 6) is 0.159. The summed E-state index contributed by atoms with van der Waals surface area (Å²) in [6.45, 7) is 11.3. The molecule has 20 heavy (non-hydrogen) atoms. The summed E-state index contributed by atoms with van der Waals surface area (Å²) in [7, 11) is 0. The van der Waals surface area contributed by atoms with E-state index in [-0.39, 0.29) is 17.5 Å². The molecule has 1 aromatic rings. The van der Waals surface area contributed by atoms with Crippen molar-refractivity contribution in [2.75, 3.05) is 6.54 Å². The van der Waals surface area contributed by atoms with Gasteiger partial charge >= 0.3 is 0 Å². The van der Waals surface area contributed by atoms with Gasteiger partial charge in [-0.2, -0.15) is 0 Å². The number of fused-ring (bicyclic) bond motifs is 1. The van der Waals surface area contributed by atoms with E-state index >= 15 is 0 Å². The van der Waals surface area contributed by atoms with E-state index in [2.05, 4.69) is 44.8 Å². The maximum atomic E-state index is 12.8. The maximum absolute atomic E-state index is 12.8. The zero-order chi connectivity index (χ0) is 14.8. The van der Waals surface area contributed by atoms with E-state index in [9.17, 15) is 4.79 Å². The second kappa shape index (κ2) is 5.80. The molecule has 1 amide bonds. The van der Waals surface area contributed by atoms with Crippen LogP contribution in [0.2, 0.25) is 0 Å². The molecule has 0 aromatic heterocycles. The molecule has 108 valence electrons. The van der Waals surface area contributed by atoms with Gasteiger partial charge in [0.15, 0.2) is 0 Å². The normalized spacial score (nSPS) is 18.2. The molecule has 1 heterocycles. The number of nitrogens with zero attached hydrogens (tertiary/aromatic N) is 1. The molecule has 3 nitrogen and oxygen atoms in total. The Balaban J connectivity index is 2.16. The summed E-state index contributed by atoms with van der Waals surface area (Å²) in [4.78, 5) is 14.7. The molecule has 0 saturated heterocycles. The van der Waals surface area contributed by atoms with Crippen LogP contribution in [0.5, 0.6) is 0 Å². The average molecular weight is 272 g/mol. The summed E-state index contributed by atoms with van der Waals surface area (Å²) < 4.78 is 0. The lowest BCUT2D eigenvalue weighted by molar-refractivity contribution is -0.137. The highest BCUT2D eigenvalue weighted by atomic mass is 16.2. The Morgan fingerprint density at radius 2 is 2.05 bits per heavy atom. The van der Waals surface area contributed by atoms with Gasteiger partial charge in [0, 0.05) is 18.6 Å². The van der Waals surface area contributed by atoms with Crippen molar-refractivity contribution >= 4 is 5.91 Å². The highest BCUT2D eigenvalue weighted by Crippen LogP contribution is 2.20. The Bertz CT molecular complexity index is 502. The molecule has 0 spiro atoms. The van der Waals surface area contributed by atoms with E-state index in [0.29, 0.717) is 6.54 Å². The molecule has 1 aromatic carbocycles. The second-order valence-corrected chi connectivity index (χ2v) is 6.31. The number of carbonyl (C=O) groups excluding carboxylic acids is 1. The van der Waals surface area contributed by atoms with Crippen LogP contribution in [0.15, 0.2) is 36.9 Å². The van der Waals surface area contributed by atoms with Crippen molar-refractivity contribution in [1.29, 1.82) is 0 Å². The van der Waals surface area contributed by atoms with Gasteiger partial charge in [0.25, 0.3) is 0 Å². The first-order valence-electron chi connectivity index (χ1n) is 7.16. The number of rotatable bonds is 3. The molecule has 3 heteroatoms. The van der Waals surface area contributed by atoms with Crippen LogP contribution in [-0.2, 0) is 17.8 Å². The molecule has 0 aliphatic carbocycles. The van der Waals surface area contributed by atoms with Crippen LogP contribution < -0.4 is 5.32 Å². The third-order valence-corrected chi connectivity index (χ3v) is 3.77. The summed E-state index contributed by atoms with van der Waals surface area (Å²) in [6, 6.07) is 8.18. The Morgan fingerprint density at radius 3 is 2.65 bits per heavy atom. The van der Waals surface area contributed by atoms with Crippen LogP contribution in [0.1, 0.15) is 31.9 Å². The fourth-order valence-corrected chi connectivity index (χ4v) is 2.64. The van der Waals surface area contributed by atoms with Gasteiger partial charge in [-0.3, -0.25) is 4.79 Å². The Labute approximate surface area is 121 Å². The van der Waals surface area contributed by atoms with Gasteiger partial charge in [0.05, 0.1) is 6.04 Å². The zero-order valence-corrected chi connectivity index (χ0v) is 12.6. The minimum absolute atomic E-state index is 0.135. The smallest absolute Gasteiger partial charge is 0.240 e. The molecule has 1 aliphatic heterocycles. The molecule has 1 aliphatic rings. The van der Waals surface area contributed by atoms with Crippen molar-refractivity contribution in [1.82, 2.24) is 10.2 Å². The van der Waals surface area contributed by atoms with Crippen LogP contribution in [0, 0.1) is 0 Å². The molecule has 1 atom stereocenters. The molecule has 0 radical (unpaired) electrons. The maximum Gasteiger partial charge on any atom is 0.240 e. The molecule has 2 rings (SSSR count). The number of carbonyl (C=O) groups is 1. The number of hydrogen-bond donors (Lipinski definition) is 1. The highest BCUT2D eigenvalue weighted by molar-refractivity contribution is 5.83. The number of amides is 1. The first-order chi connectivity index (χ1) is 9.43. The van der Waals surface area contributed by atoms with Crippen LogP contribution in [0.3, 0.4) is 0 Å². The lowest BCUT2D eigenvalue weighted by Gasteiger charge is -2.38. The highest BCUT2D eigenvalue weighted by Gasteiger charge is 2.32. The van der Waals surface area contributed by atoms with Gasteiger partial charge in [-0.15, -0.1) is 6.58 Å². The summed E-state index contributed by atoms with van der Waals surface area (Å²) in [5.41, 5.74) is 2.38. The monoisotopic (exact) mass is 272 g/mol. The van der Waals surface area contributed by atoms with Crippen LogP contribution in [0.4, 0.5) is 0 Å². The van der Waals surface area contributed by atoms with Crippen LogP contribution in [0.25, 0.3) is 0 Å². The third kappa shape index (κ3) is 3.10. The lowest BCUT2D eigenvalue weighted by Crippen LogP contribution is -2.55. The molecular formula is C17H24N2O. The van der Waals surface area contributed by atoms with Gasteiger partial charge in [-0.25, -0.2) is 0 Å². The number of nitrogens with one attached hydrogen (secondary N) is 1. The lowest BCUT2D eigenvalue weighted by atomic mass is 9.94. The summed E-state index contributed by atoms with van der Waals surface area (Å²) in [5, 5.41) is 3.36. The predicted octanol–water partition coefficient (Wildman–Crippen LogP) is 2.51. The standard InChI is InChI=1S/C17H24N2O/c1-5-10-19(17(2,3)4)16(20)15-11-13-8-6-7-9-14(13)12-18-15/h5-9,15,18H,1,10-12H2,2-4H3.